The fraction of sp³-hybridized carbons (Fsp3) is 0.429. The predicted molar refractivity (Wildman–Crippen MR) is 111 cm³/mol. The molecule has 1 aromatic carbocycles. The van der Waals surface area contributed by atoms with Crippen LogP contribution in [0.4, 0.5) is 4.39 Å². The summed E-state index contributed by atoms with van der Waals surface area (Å²) < 4.78 is 15.7. The molecular weight excluding hydrogens is 393 g/mol. The van der Waals surface area contributed by atoms with Crippen LogP contribution in [0, 0.1) is 5.82 Å². The summed E-state index contributed by atoms with van der Waals surface area (Å²) in [5.41, 5.74) is 0.593. The average Bonchev–Trinajstić information content (AvgIpc) is 3.37. The molecule has 1 N–H and O–H groups in total. The van der Waals surface area contributed by atoms with Crippen LogP contribution >= 0.6 is 23.1 Å². The molecule has 1 fully saturated rings. The zero-order chi connectivity index (χ0) is 19.3. The smallest absolute Gasteiger partial charge is 0.191 e. The summed E-state index contributed by atoms with van der Waals surface area (Å²) in [5, 5.41) is 22.4. The third-order valence-electron chi connectivity index (χ3n) is 5.19. The van der Waals surface area contributed by atoms with Crippen molar-refractivity contribution in [2.45, 2.75) is 55.8 Å². The highest BCUT2D eigenvalue weighted by atomic mass is 32.2. The lowest BCUT2D eigenvalue weighted by atomic mass is 9.95. The Labute approximate surface area is 172 Å². The Bertz CT molecular complexity index is 891. The van der Waals surface area contributed by atoms with E-state index in [0.717, 1.165) is 30.2 Å². The molecule has 4 rings (SSSR count). The summed E-state index contributed by atoms with van der Waals surface area (Å²) in [7, 11) is 0. The largest absolute Gasteiger partial charge is 0.388 e. The molecule has 28 heavy (non-hydrogen) atoms. The second kappa shape index (κ2) is 9.20. The first-order valence-corrected chi connectivity index (χ1v) is 11.6. The molecule has 1 aliphatic carbocycles. The van der Waals surface area contributed by atoms with E-state index in [1.165, 1.54) is 48.0 Å². The number of aromatic nitrogens is 3. The van der Waals surface area contributed by atoms with Crippen molar-refractivity contribution in [1.29, 1.82) is 0 Å². The van der Waals surface area contributed by atoms with Crippen LogP contribution in [0.1, 0.15) is 60.5 Å². The van der Waals surface area contributed by atoms with E-state index in [4.69, 9.17) is 0 Å². The van der Waals surface area contributed by atoms with Crippen LogP contribution in [0.2, 0.25) is 0 Å². The Hall–Kier alpha value is -1.70. The van der Waals surface area contributed by atoms with Crippen molar-refractivity contribution in [2.24, 2.45) is 0 Å². The Morgan fingerprint density at radius 2 is 2.04 bits per heavy atom. The van der Waals surface area contributed by atoms with Crippen molar-refractivity contribution in [3.05, 3.63) is 63.9 Å². The number of rotatable bonds is 7. The molecule has 3 aromatic rings. The molecule has 1 atom stereocenters. The van der Waals surface area contributed by atoms with E-state index in [9.17, 15) is 9.50 Å². The molecule has 0 bridgehead atoms. The molecule has 2 aromatic heterocycles. The number of thioether (sulfide) groups is 1. The van der Waals surface area contributed by atoms with Gasteiger partial charge in [-0.1, -0.05) is 49.2 Å². The molecule has 148 valence electrons. The van der Waals surface area contributed by atoms with Crippen molar-refractivity contribution >= 4 is 23.1 Å². The molecular formula is C21H24FN3OS2. The molecule has 4 nitrogen and oxygen atoms in total. The van der Waals surface area contributed by atoms with Gasteiger partial charge in [-0.3, -0.25) is 0 Å². The maximum atomic E-state index is 13.4. The van der Waals surface area contributed by atoms with Gasteiger partial charge in [-0.15, -0.1) is 21.5 Å². The quantitative estimate of drug-likeness (QED) is 0.523. The fourth-order valence-corrected chi connectivity index (χ4v) is 5.46. The zero-order valence-corrected chi connectivity index (χ0v) is 17.3. The van der Waals surface area contributed by atoms with Crippen LogP contribution in [0.5, 0.6) is 0 Å². The normalized spacial score (nSPS) is 16.4. The van der Waals surface area contributed by atoms with Gasteiger partial charge < -0.3 is 9.67 Å². The molecule has 1 saturated carbocycles. The number of aliphatic hydroxyl groups is 1. The topological polar surface area (TPSA) is 50.9 Å². The summed E-state index contributed by atoms with van der Waals surface area (Å²) in [6.45, 7) is 0. The molecule has 1 unspecified atom stereocenters. The Balaban J connectivity index is 1.53. The summed E-state index contributed by atoms with van der Waals surface area (Å²) in [4.78, 5) is 1.28. The molecule has 0 saturated heterocycles. The second-order valence-corrected chi connectivity index (χ2v) is 9.22. The fourth-order valence-electron chi connectivity index (χ4n) is 3.76. The van der Waals surface area contributed by atoms with Crippen molar-refractivity contribution in [3.8, 4) is 0 Å². The lowest BCUT2D eigenvalue weighted by molar-refractivity contribution is 0.203. The Morgan fingerprint density at radius 3 is 2.79 bits per heavy atom. The summed E-state index contributed by atoms with van der Waals surface area (Å²) in [6, 6.07) is 10.8. The standard InChI is InChI=1S/C21H24FN3OS2/c22-16-7-4-6-15(12-16)19(26)14-28-21-24-23-20(13-18-10-5-11-27-18)25(21)17-8-2-1-3-9-17/h4-7,10-12,17,19,26H,1-3,8-9,13-14H2. The highest BCUT2D eigenvalue weighted by Gasteiger charge is 2.24. The lowest BCUT2D eigenvalue weighted by Crippen LogP contribution is -2.17. The van der Waals surface area contributed by atoms with Gasteiger partial charge in [0.25, 0.3) is 0 Å². The molecule has 0 amide bonds. The number of hydrogen-bond acceptors (Lipinski definition) is 5. The summed E-state index contributed by atoms with van der Waals surface area (Å²) in [5.74, 6) is 1.09. The van der Waals surface area contributed by atoms with Crippen molar-refractivity contribution in [2.75, 3.05) is 5.75 Å². The SMILES string of the molecule is OC(CSc1nnc(Cc2cccs2)n1C1CCCCC1)c1cccc(F)c1. The van der Waals surface area contributed by atoms with Gasteiger partial charge >= 0.3 is 0 Å². The first-order chi connectivity index (χ1) is 13.7. The van der Waals surface area contributed by atoms with E-state index < -0.39 is 6.10 Å². The Kier molecular flexibility index (Phi) is 6.44. The van der Waals surface area contributed by atoms with Gasteiger partial charge in [-0.2, -0.15) is 0 Å². The van der Waals surface area contributed by atoms with Crippen LogP contribution < -0.4 is 0 Å². The first-order valence-electron chi connectivity index (χ1n) is 9.73. The van der Waals surface area contributed by atoms with Gasteiger partial charge in [0, 0.05) is 23.1 Å². The summed E-state index contributed by atoms with van der Waals surface area (Å²) >= 11 is 3.24. The van der Waals surface area contributed by atoms with Gasteiger partial charge in [0.15, 0.2) is 5.16 Å². The van der Waals surface area contributed by atoms with Crippen molar-refractivity contribution < 1.29 is 9.50 Å². The molecule has 0 radical (unpaired) electrons. The molecule has 2 heterocycles. The maximum absolute atomic E-state index is 13.4. The monoisotopic (exact) mass is 417 g/mol. The number of hydrogen-bond donors (Lipinski definition) is 1. The highest BCUT2D eigenvalue weighted by molar-refractivity contribution is 7.99. The van der Waals surface area contributed by atoms with Crippen LogP contribution in [-0.4, -0.2) is 25.6 Å². The van der Waals surface area contributed by atoms with E-state index in [1.807, 2.05) is 0 Å². The van der Waals surface area contributed by atoms with Gasteiger partial charge in [0.1, 0.15) is 11.6 Å². The number of nitrogens with zero attached hydrogens (tertiary/aromatic N) is 3. The molecule has 0 spiro atoms. The first kappa shape index (κ1) is 19.6. The minimum Gasteiger partial charge on any atom is -0.388 e. The third-order valence-corrected chi connectivity index (χ3v) is 7.09. The van der Waals surface area contributed by atoms with E-state index >= 15 is 0 Å². The minimum atomic E-state index is -0.738. The van der Waals surface area contributed by atoms with E-state index in [0.29, 0.717) is 17.4 Å². The molecule has 0 aliphatic heterocycles. The van der Waals surface area contributed by atoms with E-state index in [1.54, 1.807) is 23.5 Å². The van der Waals surface area contributed by atoms with Gasteiger partial charge in [0.05, 0.1) is 6.10 Å². The van der Waals surface area contributed by atoms with E-state index in [-0.39, 0.29) is 5.82 Å². The van der Waals surface area contributed by atoms with Crippen LogP contribution in [0.3, 0.4) is 0 Å². The Morgan fingerprint density at radius 1 is 1.18 bits per heavy atom. The zero-order valence-electron chi connectivity index (χ0n) is 15.6. The highest BCUT2D eigenvalue weighted by Crippen LogP contribution is 2.34. The number of thiophene rings is 1. The van der Waals surface area contributed by atoms with Crippen molar-refractivity contribution in [1.82, 2.24) is 14.8 Å². The molecule has 1 aliphatic rings. The van der Waals surface area contributed by atoms with E-state index in [2.05, 4.69) is 32.3 Å². The minimum absolute atomic E-state index is 0.329. The third kappa shape index (κ3) is 4.64. The van der Waals surface area contributed by atoms with Crippen LogP contribution in [0.15, 0.2) is 46.9 Å². The average molecular weight is 418 g/mol. The number of halogens is 1. The number of aliphatic hydroxyl groups excluding tert-OH is 1. The number of benzene rings is 1. The second-order valence-electron chi connectivity index (χ2n) is 7.20. The van der Waals surface area contributed by atoms with Gasteiger partial charge in [-0.05, 0) is 42.0 Å². The van der Waals surface area contributed by atoms with Crippen LogP contribution in [0.25, 0.3) is 0 Å². The van der Waals surface area contributed by atoms with Gasteiger partial charge in [0.2, 0.25) is 0 Å². The van der Waals surface area contributed by atoms with Crippen molar-refractivity contribution in [3.63, 3.8) is 0 Å². The predicted octanol–water partition coefficient (Wildman–Crippen LogP) is 5.40. The molecule has 7 heteroatoms. The summed E-state index contributed by atoms with van der Waals surface area (Å²) in [6.07, 6.45) is 6.10. The maximum Gasteiger partial charge on any atom is 0.191 e. The van der Waals surface area contributed by atoms with Crippen LogP contribution in [-0.2, 0) is 6.42 Å². The van der Waals surface area contributed by atoms with Gasteiger partial charge in [-0.25, -0.2) is 4.39 Å². The lowest BCUT2D eigenvalue weighted by Gasteiger charge is -2.25.